The Morgan fingerprint density at radius 3 is 1.75 bits per heavy atom. The lowest BCUT2D eigenvalue weighted by Crippen LogP contribution is -2.21. The Kier molecular flexibility index (Phi) is 20.4. The van der Waals surface area contributed by atoms with Gasteiger partial charge in [-0.25, -0.2) is 25.4 Å². The number of halogens is 2. The molecule has 6 aromatic rings. The Morgan fingerprint density at radius 1 is 0.688 bits per heavy atom. The van der Waals surface area contributed by atoms with Gasteiger partial charge < -0.3 is 14.2 Å². The topological polar surface area (TPSA) is 167 Å². The number of carbonyl (C=O) groups is 3. The van der Waals surface area contributed by atoms with Crippen LogP contribution in [-0.2, 0) is 14.2 Å². The number of anilines is 2. The molecule has 0 aliphatic heterocycles. The van der Waals surface area contributed by atoms with Crippen molar-refractivity contribution in [2.75, 3.05) is 17.6 Å². The first-order chi connectivity index (χ1) is 30.8. The van der Waals surface area contributed by atoms with Crippen molar-refractivity contribution >= 4 is 80.6 Å². The molecule has 2 aliphatic carbocycles. The van der Waals surface area contributed by atoms with Crippen molar-refractivity contribution in [1.82, 2.24) is 9.97 Å². The van der Waals surface area contributed by atoms with Crippen LogP contribution in [0.5, 0.6) is 0 Å². The van der Waals surface area contributed by atoms with Crippen LogP contribution in [-0.4, -0.2) is 53.4 Å². The zero-order valence-corrected chi connectivity index (χ0v) is 37.6. The van der Waals surface area contributed by atoms with E-state index in [2.05, 4.69) is 25.9 Å². The van der Waals surface area contributed by atoms with Gasteiger partial charge in [-0.1, -0.05) is 129 Å². The average Bonchev–Trinajstić information content (AvgIpc) is 4.01. The van der Waals surface area contributed by atoms with E-state index in [1.165, 1.54) is 48.4 Å². The largest absolute Gasteiger partial charge is 0.459 e. The van der Waals surface area contributed by atoms with Crippen LogP contribution >= 0.6 is 45.9 Å². The smallest absolute Gasteiger partial charge is 0.340 e. The van der Waals surface area contributed by atoms with Crippen LogP contribution in [0.2, 0.25) is 10.0 Å². The van der Waals surface area contributed by atoms with Gasteiger partial charge in [0.1, 0.15) is 6.10 Å². The van der Waals surface area contributed by atoms with Crippen molar-refractivity contribution in [2.24, 2.45) is 10.9 Å². The summed E-state index contributed by atoms with van der Waals surface area (Å²) in [5.74, 6) is 4.44. The molecule has 0 spiro atoms. The first-order valence-electron chi connectivity index (χ1n) is 20.6. The molecule has 2 aromatic heterocycles. The summed E-state index contributed by atoms with van der Waals surface area (Å²) in [4.78, 5) is 44.0. The number of thiazole rings is 2. The molecule has 0 bridgehead atoms. The molecule has 2 fully saturated rings. The minimum Gasteiger partial charge on any atom is -0.459 e. The second-order valence-electron chi connectivity index (χ2n) is 14.5. The zero-order chi connectivity index (χ0) is 44.2. The monoisotopic (exact) mass is 942 g/mol. The number of rotatable bonds is 13. The fourth-order valence-corrected chi connectivity index (χ4v) is 8.63. The fourth-order valence-electron chi connectivity index (χ4n) is 6.88. The normalized spacial score (nSPS) is 13.9. The molecule has 0 saturated heterocycles. The van der Waals surface area contributed by atoms with E-state index in [4.69, 9.17) is 43.3 Å². The number of nitrogens with two attached hydrogens (primary N) is 1. The van der Waals surface area contributed by atoms with E-state index in [0.717, 1.165) is 61.0 Å². The molecular weight excluding hydrogens is 892 g/mol. The quantitative estimate of drug-likeness (QED) is 0.0252. The summed E-state index contributed by atoms with van der Waals surface area (Å²) in [5, 5.41) is 10.7. The molecule has 2 aliphatic rings. The molecule has 12 nitrogen and oxygen atoms in total. The maximum atomic E-state index is 12.5. The summed E-state index contributed by atoms with van der Waals surface area (Å²) in [6.45, 7) is -0.0306. The highest BCUT2D eigenvalue weighted by molar-refractivity contribution is 7.14. The highest BCUT2D eigenvalue weighted by Gasteiger charge is 2.20. The lowest BCUT2D eigenvalue weighted by molar-refractivity contribution is -0.0749. The Balaban J connectivity index is 0.000000201. The van der Waals surface area contributed by atoms with E-state index in [0.29, 0.717) is 48.8 Å². The number of benzene rings is 4. The van der Waals surface area contributed by atoms with Gasteiger partial charge in [0.15, 0.2) is 18.2 Å². The lowest BCUT2D eigenvalue weighted by atomic mass is 9.97. The molecule has 0 amide bonds. The standard InChI is InChI=1S/C24H24ClN3O3S.C14H16O3.C9H8ClN3S.CH4/c25-21-13-7-6-12-20(21)22-15-32-24(27-22)28-26-14-17-8-4-5-11-19(17)23(29)31-16-30-18-9-2-1-3-10-18;15-10-11-6-4-5-9-13(11)14(16)17-12-7-2-1-3-8-12;10-7-4-2-1-3-6(7)8-5-14-9(12-8)13-11;/h4-8,11-15,18H,1-3,9-10,16H2,(H,27,28);4-6,9-10,12H,1-3,7-8H2;1-5H,11H2,(H,12,13);1H4/b26-14+;;;. The predicted molar refractivity (Wildman–Crippen MR) is 260 cm³/mol. The molecule has 2 saturated carbocycles. The third-order valence-corrected chi connectivity index (χ3v) is 12.3. The molecular formula is C48H52Cl2N6O6S2. The first kappa shape index (κ1) is 49.5. The second kappa shape index (κ2) is 26.3. The SMILES string of the molecule is C.NNc1nc(-c2ccccc2Cl)cs1.O=C(OCOC1CCCCC1)c1ccccc1/C=N/Nc1nc(-c2ccccc2Cl)cs1.O=Cc1ccccc1C(=O)OC1CCCCC1. The number of nitrogen functional groups attached to an aromatic ring is 1. The Morgan fingerprint density at radius 2 is 1.19 bits per heavy atom. The number of nitrogens with zero attached hydrogens (tertiary/aromatic N) is 3. The van der Waals surface area contributed by atoms with E-state index in [1.54, 1.807) is 48.7 Å². The molecule has 336 valence electrons. The third-order valence-electron chi connectivity index (χ3n) is 10.2. The minimum atomic E-state index is -0.432. The van der Waals surface area contributed by atoms with Gasteiger partial charge in [-0.3, -0.25) is 15.6 Å². The number of ether oxygens (including phenoxy) is 3. The van der Waals surface area contributed by atoms with Crippen LogP contribution in [0, 0.1) is 0 Å². The number of hydrazine groups is 1. The molecule has 0 atom stereocenters. The van der Waals surface area contributed by atoms with Crippen LogP contribution < -0.4 is 16.7 Å². The maximum absolute atomic E-state index is 12.5. The van der Waals surface area contributed by atoms with Gasteiger partial charge >= 0.3 is 11.9 Å². The maximum Gasteiger partial charge on any atom is 0.340 e. The molecule has 4 N–H and O–H groups in total. The molecule has 0 unspecified atom stereocenters. The number of aromatic nitrogens is 2. The number of hydrazone groups is 1. The molecule has 8 rings (SSSR count). The number of nitrogens with one attached hydrogen (secondary N) is 2. The summed E-state index contributed by atoms with van der Waals surface area (Å²) < 4.78 is 16.5. The average molecular weight is 944 g/mol. The number of carbonyl (C=O) groups excluding carboxylic acids is 3. The Bertz CT molecular complexity index is 2430. The lowest BCUT2D eigenvalue weighted by Gasteiger charge is -2.22. The molecule has 4 aromatic carbocycles. The Hall–Kier alpha value is -5.48. The molecule has 0 radical (unpaired) electrons. The fraction of sp³-hybridized carbons (Fsp3) is 0.292. The number of esters is 2. The van der Waals surface area contributed by atoms with Gasteiger partial charge in [0.05, 0.1) is 34.8 Å². The number of aldehydes is 1. The minimum absolute atomic E-state index is 0. The van der Waals surface area contributed by atoms with Crippen LogP contribution in [0.15, 0.2) is 113 Å². The van der Waals surface area contributed by atoms with Crippen LogP contribution in [0.25, 0.3) is 22.5 Å². The predicted octanol–water partition coefficient (Wildman–Crippen LogP) is 12.7. The van der Waals surface area contributed by atoms with E-state index >= 15 is 0 Å². The van der Waals surface area contributed by atoms with E-state index in [9.17, 15) is 14.4 Å². The third kappa shape index (κ3) is 14.8. The summed E-state index contributed by atoms with van der Waals surface area (Å²) in [6, 6.07) is 29.0. The van der Waals surface area contributed by atoms with Crippen molar-refractivity contribution in [2.45, 2.75) is 83.8 Å². The zero-order valence-electron chi connectivity index (χ0n) is 34.4. The summed E-state index contributed by atoms with van der Waals surface area (Å²) in [6.07, 6.45) is 13.5. The highest BCUT2D eigenvalue weighted by atomic mass is 35.5. The van der Waals surface area contributed by atoms with Crippen molar-refractivity contribution in [3.05, 3.63) is 140 Å². The van der Waals surface area contributed by atoms with Crippen molar-refractivity contribution in [3.8, 4) is 22.5 Å². The number of hydrogen-bond donors (Lipinski definition) is 3. The number of hydrogen-bond acceptors (Lipinski definition) is 14. The molecule has 64 heavy (non-hydrogen) atoms. The van der Waals surface area contributed by atoms with Crippen LogP contribution in [0.1, 0.15) is 108 Å². The van der Waals surface area contributed by atoms with E-state index in [-0.39, 0.29) is 32.4 Å². The first-order valence-corrected chi connectivity index (χ1v) is 23.1. The molecule has 16 heteroatoms. The van der Waals surface area contributed by atoms with Gasteiger partial charge in [0.25, 0.3) is 0 Å². The van der Waals surface area contributed by atoms with Gasteiger partial charge in [-0.05, 0) is 62.8 Å². The second-order valence-corrected chi connectivity index (χ2v) is 17.0. The van der Waals surface area contributed by atoms with Crippen LogP contribution in [0.4, 0.5) is 10.3 Å². The van der Waals surface area contributed by atoms with Crippen LogP contribution in [0.3, 0.4) is 0 Å². The summed E-state index contributed by atoms with van der Waals surface area (Å²) >= 11 is 15.1. The Labute approximate surface area is 392 Å². The molecule has 2 heterocycles. The van der Waals surface area contributed by atoms with Gasteiger partial charge in [0.2, 0.25) is 5.13 Å². The van der Waals surface area contributed by atoms with E-state index < -0.39 is 5.97 Å². The summed E-state index contributed by atoms with van der Waals surface area (Å²) in [5.41, 5.74) is 10.7. The highest BCUT2D eigenvalue weighted by Crippen LogP contribution is 2.31. The van der Waals surface area contributed by atoms with Gasteiger partial charge in [0, 0.05) is 43.1 Å². The van der Waals surface area contributed by atoms with Crippen molar-refractivity contribution in [3.63, 3.8) is 0 Å². The van der Waals surface area contributed by atoms with E-state index in [1.807, 2.05) is 65.4 Å². The van der Waals surface area contributed by atoms with Crippen molar-refractivity contribution < 1.29 is 28.6 Å². The van der Waals surface area contributed by atoms with Gasteiger partial charge in [-0.15, -0.1) is 22.7 Å². The summed E-state index contributed by atoms with van der Waals surface area (Å²) in [7, 11) is 0. The van der Waals surface area contributed by atoms with Gasteiger partial charge in [-0.2, -0.15) is 5.10 Å². The van der Waals surface area contributed by atoms with Crippen molar-refractivity contribution in [1.29, 1.82) is 0 Å².